The molecule has 0 unspecified atom stereocenters. The number of carbonyl (C=O) groups excluding carboxylic acids is 1. The quantitative estimate of drug-likeness (QED) is 0.406. The van der Waals surface area contributed by atoms with Gasteiger partial charge in [-0.2, -0.15) is 12.6 Å². The molecule has 0 aliphatic carbocycles. The van der Waals surface area contributed by atoms with Gasteiger partial charge >= 0.3 is 0 Å². The van der Waals surface area contributed by atoms with Gasteiger partial charge in [0.05, 0.1) is 6.10 Å². The number of hydrogen-bond acceptors (Lipinski definition) is 4. The molecule has 0 spiro atoms. The Bertz CT molecular complexity index is 130. The van der Waals surface area contributed by atoms with E-state index >= 15 is 0 Å². The van der Waals surface area contributed by atoms with Gasteiger partial charge in [-0.15, -0.1) is 0 Å². The molecular formula is C6H14N2O2S. The molecule has 0 radical (unpaired) electrons. The van der Waals surface area contributed by atoms with Crippen molar-refractivity contribution in [2.24, 2.45) is 5.73 Å². The summed E-state index contributed by atoms with van der Waals surface area (Å²) >= 11 is 3.90. The van der Waals surface area contributed by atoms with E-state index in [1.165, 1.54) is 6.92 Å². The Kier molecular flexibility index (Phi) is 5.27. The molecule has 5 heteroatoms. The Balaban J connectivity index is 3.64. The summed E-state index contributed by atoms with van der Waals surface area (Å²) in [5.41, 5.74) is 5.31. The predicted molar refractivity (Wildman–Crippen MR) is 46.5 cm³/mol. The molecule has 0 aromatic carbocycles. The third-order valence-electron chi connectivity index (χ3n) is 1.23. The van der Waals surface area contributed by atoms with E-state index in [0.29, 0.717) is 12.3 Å². The first-order valence-electron chi connectivity index (χ1n) is 3.41. The summed E-state index contributed by atoms with van der Waals surface area (Å²) in [6, 6.07) is -0.838. The van der Waals surface area contributed by atoms with Crippen LogP contribution in [0.1, 0.15) is 6.92 Å². The molecule has 11 heavy (non-hydrogen) atoms. The number of amides is 1. The average Bonchev–Trinajstić information content (AvgIpc) is 1.98. The Morgan fingerprint density at radius 1 is 1.82 bits per heavy atom. The molecule has 0 aliphatic rings. The summed E-state index contributed by atoms with van der Waals surface area (Å²) in [5, 5.41) is 11.4. The van der Waals surface area contributed by atoms with Gasteiger partial charge in [0.15, 0.2) is 0 Å². The monoisotopic (exact) mass is 178 g/mol. The molecule has 2 atom stereocenters. The highest BCUT2D eigenvalue weighted by molar-refractivity contribution is 7.80. The van der Waals surface area contributed by atoms with Gasteiger partial charge in [-0.25, -0.2) is 0 Å². The van der Waals surface area contributed by atoms with Gasteiger partial charge in [0.25, 0.3) is 0 Å². The summed E-state index contributed by atoms with van der Waals surface area (Å²) < 4.78 is 0. The summed E-state index contributed by atoms with van der Waals surface area (Å²) in [5.74, 6) is 0.229. The molecule has 4 N–H and O–H groups in total. The molecular weight excluding hydrogens is 164 g/mol. The first-order valence-corrected chi connectivity index (χ1v) is 4.05. The van der Waals surface area contributed by atoms with Crippen LogP contribution in [0, 0.1) is 0 Å². The van der Waals surface area contributed by atoms with Gasteiger partial charge in [-0.05, 0) is 6.92 Å². The van der Waals surface area contributed by atoms with Crippen molar-refractivity contribution >= 4 is 18.5 Å². The van der Waals surface area contributed by atoms with E-state index in [1.54, 1.807) is 0 Å². The number of rotatable bonds is 4. The molecule has 0 aliphatic heterocycles. The van der Waals surface area contributed by atoms with Crippen LogP contribution in [-0.2, 0) is 4.79 Å². The van der Waals surface area contributed by atoms with Gasteiger partial charge in [-0.1, -0.05) is 0 Å². The fourth-order valence-corrected chi connectivity index (χ4v) is 0.628. The lowest BCUT2D eigenvalue weighted by Gasteiger charge is -2.13. The molecule has 0 aromatic heterocycles. The first-order chi connectivity index (χ1) is 5.09. The Hall–Kier alpha value is -0.260. The highest BCUT2D eigenvalue weighted by Crippen LogP contribution is 1.87. The summed E-state index contributed by atoms with van der Waals surface area (Å²) in [7, 11) is 0. The van der Waals surface area contributed by atoms with Crippen LogP contribution in [0.2, 0.25) is 0 Å². The molecule has 4 nitrogen and oxygen atoms in total. The van der Waals surface area contributed by atoms with E-state index in [9.17, 15) is 4.79 Å². The highest BCUT2D eigenvalue weighted by atomic mass is 32.1. The lowest BCUT2D eigenvalue weighted by Crippen LogP contribution is -2.47. The van der Waals surface area contributed by atoms with E-state index in [4.69, 9.17) is 10.8 Å². The molecule has 66 valence electrons. The fraction of sp³-hybridized carbons (Fsp3) is 0.833. The minimum Gasteiger partial charge on any atom is -0.391 e. The molecule has 0 heterocycles. The van der Waals surface area contributed by atoms with E-state index < -0.39 is 12.1 Å². The van der Waals surface area contributed by atoms with Gasteiger partial charge in [0, 0.05) is 12.3 Å². The number of carbonyl (C=O) groups is 1. The minimum atomic E-state index is -0.838. The SMILES string of the molecule is C[C@@H](O)[C@H](N)C(=O)NCCS. The number of nitrogens with one attached hydrogen (secondary N) is 1. The molecule has 1 amide bonds. The average molecular weight is 178 g/mol. The standard InChI is InChI=1S/C6H14N2O2S/c1-4(9)5(7)6(10)8-2-3-11/h4-5,9,11H,2-3,7H2,1H3,(H,8,10)/t4-,5+/m1/s1. The second-order valence-corrected chi connectivity index (χ2v) is 2.73. The van der Waals surface area contributed by atoms with Crippen LogP contribution in [0.15, 0.2) is 0 Å². The van der Waals surface area contributed by atoms with Crippen molar-refractivity contribution in [3.8, 4) is 0 Å². The topological polar surface area (TPSA) is 75.3 Å². The van der Waals surface area contributed by atoms with Crippen LogP contribution >= 0.6 is 12.6 Å². The number of thiol groups is 1. The fourth-order valence-electron chi connectivity index (χ4n) is 0.516. The van der Waals surface area contributed by atoms with Crippen molar-refractivity contribution in [3.05, 3.63) is 0 Å². The van der Waals surface area contributed by atoms with E-state index in [-0.39, 0.29) is 5.91 Å². The van der Waals surface area contributed by atoms with Gasteiger partial charge in [0.1, 0.15) is 6.04 Å². The van der Waals surface area contributed by atoms with Gasteiger partial charge < -0.3 is 16.2 Å². The Morgan fingerprint density at radius 2 is 2.36 bits per heavy atom. The second kappa shape index (κ2) is 5.40. The van der Waals surface area contributed by atoms with E-state index in [0.717, 1.165) is 0 Å². The Morgan fingerprint density at radius 3 is 2.73 bits per heavy atom. The second-order valence-electron chi connectivity index (χ2n) is 2.28. The summed E-state index contributed by atoms with van der Waals surface area (Å²) in [6.45, 7) is 1.95. The summed E-state index contributed by atoms with van der Waals surface area (Å²) in [4.78, 5) is 10.9. The van der Waals surface area contributed by atoms with Crippen molar-refractivity contribution in [2.45, 2.75) is 19.1 Å². The van der Waals surface area contributed by atoms with Crippen LogP contribution in [0.25, 0.3) is 0 Å². The lowest BCUT2D eigenvalue weighted by atomic mass is 10.2. The number of aliphatic hydroxyl groups is 1. The normalized spacial score (nSPS) is 15.6. The predicted octanol–water partition coefficient (Wildman–Crippen LogP) is -1.26. The zero-order chi connectivity index (χ0) is 8.85. The Labute approximate surface area is 71.6 Å². The number of hydrogen-bond donors (Lipinski definition) is 4. The third-order valence-corrected chi connectivity index (χ3v) is 1.46. The smallest absolute Gasteiger partial charge is 0.239 e. The molecule has 0 rings (SSSR count). The first kappa shape index (κ1) is 10.7. The van der Waals surface area contributed by atoms with Crippen LogP contribution in [0.3, 0.4) is 0 Å². The molecule has 0 saturated heterocycles. The van der Waals surface area contributed by atoms with E-state index in [2.05, 4.69) is 17.9 Å². The largest absolute Gasteiger partial charge is 0.391 e. The summed E-state index contributed by atoms with van der Waals surface area (Å²) in [6.07, 6.45) is -0.810. The minimum absolute atomic E-state index is 0.339. The van der Waals surface area contributed by atoms with Crippen molar-refractivity contribution < 1.29 is 9.90 Å². The van der Waals surface area contributed by atoms with Gasteiger partial charge in [0.2, 0.25) is 5.91 Å². The maximum atomic E-state index is 10.9. The van der Waals surface area contributed by atoms with Crippen LogP contribution < -0.4 is 11.1 Å². The zero-order valence-electron chi connectivity index (χ0n) is 6.45. The van der Waals surface area contributed by atoms with Crippen LogP contribution in [0.4, 0.5) is 0 Å². The van der Waals surface area contributed by atoms with Crippen molar-refractivity contribution in [2.75, 3.05) is 12.3 Å². The van der Waals surface area contributed by atoms with Crippen molar-refractivity contribution in [1.82, 2.24) is 5.32 Å². The highest BCUT2D eigenvalue weighted by Gasteiger charge is 2.17. The third kappa shape index (κ3) is 4.23. The molecule has 0 aromatic rings. The molecule has 0 saturated carbocycles. The van der Waals surface area contributed by atoms with Gasteiger partial charge in [-0.3, -0.25) is 4.79 Å². The van der Waals surface area contributed by atoms with Crippen LogP contribution in [0.5, 0.6) is 0 Å². The zero-order valence-corrected chi connectivity index (χ0v) is 7.34. The maximum absolute atomic E-state index is 10.9. The molecule has 0 bridgehead atoms. The molecule has 0 fully saturated rings. The van der Waals surface area contributed by atoms with E-state index in [1.807, 2.05) is 0 Å². The number of nitrogens with two attached hydrogens (primary N) is 1. The lowest BCUT2D eigenvalue weighted by molar-refractivity contribution is -0.124. The van der Waals surface area contributed by atoms with Crippen molar-refractivity contribution in [3.63, 3.8) is 0 Å². The van der Waals surface area contributed by atoms with Crippen LogP contribution in [-0.4, -0.2) is 35.5 Å². The maximum Gasteiger partial charge on any atom is 0.239 e. The van der Waals surface area contributed by atoms with Crippen molar-refractivity contribution in [1.29, 1.82) is 0 Å². The number of aliphatic hydroxyl groups excluding tert-OH is 1.